The van der Waals surface area contributed by atoms with Crippen LogP contribution in [0.1, 0.15) is 5.69 Å². The van der Waals surface area contributed by atoms with Crippen LogP contribution in [0, 0.1) is 0 Å². The zero-order chi connectivity index (χ0) is 17.1. The summed E-state index contributed by atoms with van der Waals surface area (Å²) in [6, 6.07) is -0.559. The second kappa shape index (κ2) is 6.93. The first kappa shape index (κ1) is 16.3. The van der Waals surface area contributed by atoms with Gasteiger partial charge < -0.3 is 14.9 Å². The Hall–Kier alpha value is -2.53. The molecule has 0 radical (unpaired) electrons. The first-order chi connectivity index (χ1) is 11.5. The van der Waals surface area contributed by atoms with Gasteiger partial charge in [-0.25, -0.2) is 4.79 Å². The van der Waals surface area contributed by atoms with Crippen molar-refractivity contribution in [3.63, 3.8) is 0 Å². The van der Waals surface area contributed by atoms with Crippen LogP contribution < -0.4 is 5.32 Å². The van der Waals surface area contributed by atoms with E-state index in [1.165, 1.54) is 4.90 Å². The zero-order valence-electron chi connectivity index (χ0n) is 13.0. The second-order valence-corrected chi connectivity index (χ2v) is 5.90. The number of nitrogens with one attached hydrogen (secondary N) is 2. The highest BCUT2D eigenvalue weighted by molar-refractivity contribution is 6.03. The molecule has 24 heavy (non-hydrogen) atoms. The van der Waals surface area contributed by atoms with Gasteiger partial charge in [-0.05, 0) is 0 Å². The second-order valence-electron chi connectivity index (χ2n) is 5.90. The Kier molecular flexibility index (Phi) is 4.71. The van der Waals surface area contributed by atoms with E-state index in [0.29, 0.717) is 26.2 Å². The molecule has 4 amide bonds. The lowest BCUT2D eigenvalue weighted by atomic mass is 10.3. The van der Waals surface area contributed by atoms with E-state index in [4.69, 9.17) is 0 Å². The Morgan fingerprint density at radius 1 is 1.33 bits per heavy atom. The molecule has 2 aliphatic heterocycles. The number of β-amino-alcohol motifs (C(OH)–C–C–N with tert-alkyl or cyclic N) is 1. The third-order valence-corrected chi connectivity index (χ3v) is 3.98. The molecule has 0 saturated carbocycles. The van der Waals surface area contributed by atoms with Gasteiger partial charge in [0.05, 0.1) is 18.0 Å². The van der Waals surface area contributed by atoms with Crippen molar-refractivity contribution in [1.82, 2.24) is 35.4 Å². The lowest BCUT2D eigenvalue weighted by Crippen LogP contribution is -2.44. The lowest BCUT2D eigenvalue weighted by molar-refractivity contribution is -0.132. The number of amides is 4. The largest absolute Gasteiger partial charge is 0.390 e. The molecule has 2 saturated heterocycles. The first-order valence-corrected chi connectivity index (χ1v) is 7.63. The fourth-order valence-electron chi connectivity index (χ4n) is 2.83. The van der Waals surface area contributed by atoms with Crippen molar-refractivity contribution in [2.45, 2.75) is 12.6 Å². The molecule has 0 bridgehead atoms. The molecule has 130 valence electrons. The van der Waals surface area contributed by atoms with E-state index < -0.39 is 18.0 Å². The maximum absolute atomic E-state index is 12.4. The summed E-state index contributed by atoms with van der Waals surface area (Å²) < 4.78 is 0. The minimum absolute atomic E-state index is 0.112. The molecular formula is C13H19N7O4. The molecule has 0 spiro atoms. The van der Waals surface area contributed by atoms with Crippen molar-refractivity contribution >= 4 is 17.8 Å². The van der Waals surface area contributed by atoms with E-state index >= 15 is 0 Å². The van der Waals surface area contributed by atoms with Crippen molar-refractivity contribution in [1.29, 1.82) is 0 Å². The van der Waals surface area contributed by atoms with E-state index in [-0.39, 0.29) is 25.5 Å². The molecular weight excluding hydrogens is 318 g/mol. The number of imide groups is 1. The number of aliphatic hydroxyl groups excluding tert-OH is 1. The highest BCUT2D eigenvalue weighted by Gasteiger charge is 2.31. The van der Waals surface area contributed by atoms with Crippen molar-refractivity contribution in [2.24, 2.45) is 0 Å². The van der Waals surface area contributed by atoms with Crippen LogP contribution in [0.5, 0.6) is 0 Å². The number of aromatic amines is 1. The van der Waals surface area contributed by atoms with E-state index in [2.05, 4.69) is 20.7 Å². The topological polar surface area (TPSA) is 135 Å². The van der Waals surface area contributed by atoms with Crippen molar-refractivity contribution < 1.29 is 19.5 Å². The molecule has 2 aliphatic rings. The van der Waals surface area contributed by atoms with Crippen LogP contribution in [0.15, 0.2) is 6.20 Å². The van der Waals surface area contributed by atoms with E-state index in [1.807, 2.05) is 4.90 Å². The average Bonchev–Trinajstić information content (AvgIpc) is 3.07. The molecule has 11 nitrogen and oxygen atoms in total. The van der Waals surface area contributed by atoms with Gasteiger partial charge in [-0.1, -0.05) is 0 Å². The van der Waals surface area contributed by atoms with Crippen LogP contribution in [-0.2, 0) is 16.1 Å². The lowest BCUT2D eigenvalue weighted by Gasteiger charge is -2.24. The summed E-state index contributed by atoms with van der Waals surface area (Å²) >= 11 is 0. The number of urea groups is 1. The summed E-state index contributed by atoms with van der Waals surface area (Å²) in [5, 5.41) is 22.5. The van der Waals surface area contributed by atoms with Gasteiger partial charge in [0.15, 0.2) is 0 Å². The van der Waals surface area contributed by atoms with Crippen LogP contribution in [0.25, 0.3) is 0 Å². The summed E-state index contributed by atoms with van der Waals surface area (Å²) in [5.41, 5.74) is 0.759. The highest BCUT2D eigenvalue weighted by Crippen LogP contribution is 2.09. The smallest absolute Gasteiger partial charge is 0.325 e. The number of H-pyrrole nitrogens is 1. The summed E-state index contributed by atoms with van der Waals surface area (Å²) in [4.78, 5) is 39.7. The number of carbonyl (C=O) groups excluding carboxylic acids is 3. The molecule has 2 fully saturated rings. The van der Waals surface area contributed by atoms with Gasteiger partial charge in [0, 0.05) is 32.7 Å². The van der Waals surface area contributed by atoms with Crippen molar-refractivity contribution in [3.8, 4) is 0 Å². The number of aromatic nitrogens is 3. The summed E-state index contributed by atoms with van der Waals surface area (Å²) in [5.74, 6) is -0.704. The molecule has 3 rings (SSSR count). The number of nitrogens with zero attached hydrogens (tertiary/aromatic N) is 5. The van der Waals surface area contributed by atoms with Crippen molar-refractivity contribution in [3.05, 3.63) is 11.9 Å². The summed E-state index contributed by atoms with van der Waals surface area (Å²) in [7, 11) is 0. The summed E-state index contributed by atoms with van der Waals surface area (Å²) in [6.45, 7) is 1.85. The number of rotatable bonds is 4. The predicted molar refractivity (Wildman–Crippen MR) is 79.4 cm³/mol. The maximum Gasteiger partial charge on any atom is 0.325 e. The van der Waals surface area contributed by atoms with Gasteiger partial charge in [0.2, 0.25) is 11.8 Å². The molecule has 3 heterocycles. The Labute approximate surface area is 137 Å². The Balaban J connectivity index is 1.55. The molecule has 1 aromatic heterocycles. The average molecular weight is 337 g/mol. The van der Waals surface area contributed by atoms with Gasteiger partial charge in [0.25, 0.3) is 0 Å². The van der Waals surface area contributed by atoms with E-state index in [1.54, 1.807) is 6.20 Å². The van der Waals surface area contributed by atoms with Crippen LogP contribution in [-0.4, -0.2) is 98.4 Å². The van der Waals surface area contributed by atoms with Crippen LogP contribution >= 0.6 is 0 Å². The van der Waals surface area contributed by atoms with E-state index in [0.717, 1.165) is 10.6 Å². The summed E-state index contributed by atoms with van der Waals surface area (Å²) in [6.07, 6.45) is 0.917. The third-order valence-electron chi connectivity index (χ3n) is 3.98. The molecule has 11 heteroatoms. The SMILES string of the molecule is O=C1CN(CC(=O)N2CCN(Cc3cn[nH]n3)CC(O)C2)C(=O)N1. The molecule has 0 aromatic carbocycles. The quantitative estimate of drug-likeness (QED) is 0.511. The predicted octanol–water partition coefficient (Wildman–Crippen LogP) is -2.64. The molecule has 1 atom stereocenters. The van der Waals surface area contributed by atoms with Gasteiger partial charge in [-0.15, -0.1) is 0 Å². The zero-order valence-corrected chi connectivity index (χ0v) is 13.0. The molecule has 3 N–H and O–H groups in total. The van der Waals surface area contributed by atoms with Gasteiger partial charge >= 0.3 is 6.03 Å². The van der Waals surface area contributed by atoms with Crippen LogP contribution in [0.2, 0.25) is 0 Å². The fourth-order valence-corrected chi connectivity index (χ4v) is 2.83. The Morgan fingerprint density at radius 2 is 2.17 bits per heavy atom. The number of carbonyl (C=O) groups is 3. The first-order valence-electron chi connectivity index (χ1n) is 7.63. The number of aliphatic hydroxyl groups is 1. The number of hydrogen-bond acceptors (Lipinski definition) is 7. The number of hydrogen-bond donors (Lipinski definition) is 3. The minimum atomic E-state index is -0.697. The maximum atomic E-state index is 12.4. The normalized spacial score (nSPS) is 22.6. The van der Waals surface area contributed by atoms with Gasteiger partial charge in [0.1, 0.15) is 13.1 Å². The standard InChI is InChI=1S/C13H19N7O4/c21-10-5-18(4-9-3-14-17-16-9)1-2-19(6-10)12(23)8-20-7-11(22)15-13(20)24/h3,10,21H,1-2,4-8H2,(H,14,16,17)(H,15,22,24). The molecule has 1 unspecified atom stereocenters. The highest BCUT2D eigenvalue weighted by atomic mass is 16.3. The minimum Gasteiger partial charge on any atom is -0.390 e. The fraction of sp³-hybridized carbons (Fsp3) is 0.615. The van der Waals surface area contributed by atoms with Crippen LogP contribution in [0.4, 0.5) is 4.79 Å². The monoisotopic (exact) mass is 337 g/mol. The van der Waals surface area contributed by atoms with Gasteiger partial charge in [-0.3, -0.25) is 19.8 Å². The molecule has 1 aromatic rings. The Bertz CT molecular complexity index is 620. The van der Waals surface area contributed by atoms with E-state index in [9.17, 15) is 19.5 Å². The molecule has 0 aliphatic carbocycles. The van der Waals surface area contributed by atoms with Crippen LogP contribution in [0.3, 0.4) is 0 Å². The van der Waals surface area contributed by atoms with Gasteiger partial charge in [-0.2, -0.15) is 15.4 Å². The third kappa shape index (κ3) is 3.86. The van der Waals surface area contributed by atoms with Crippen molar-refractivity contribution in [2.75, 3.05) is 39.3 Å². The Morgan fingerprint density at radius 3 is 2.83 bits per heavy atom.